The Labute approximate surface area is 122 Å². The Morgan fingerprint density at radius 3 is 2.63 bits per heavy atom. The molecule has 3 nitrogen and oxygen atoms in total. The zero-order chi connectivity index (χ0) is 13.8. The summed E-state index contributed by atoms with van der Waals surface area (Å²) in [5, 5.41) is 11.5. The van der Waals surface area contributed by atoms with Crippen LogP contribution in [0.1, 0.15) is 30.8 Å². The summed E-state index contributed by atoms with van der Waals surface area (Å²) in [6.07, 6.45) is 4.21. The van der Waals surface area contributed by atoms with Gasteiger partial charge in [0.05, 0.1) is 0 Å². The number of rotatable bonds is 5. The molecule has 0 radical (unpaired) electrons. The van der Waals surface area contributed by atoms with Gasteiger partial charge in [0.15, 0.2) is 0 Å². The summed E-state index contributed by atoms with van der Waals surface area (Å²) in [5.41, 5.74) is 0.754. The van der Waals surface area contributed by atoms with Crippen LogP contribution >= 0.6 is 23.2 Å². The smallest absolute Gasteiger partial charge is 0.137 e. The van der Waals surface area contributed by atoms with Gasteiger partial charge in [-0.3, -0.25) is 0 Å². The fourth-order valence-electron chi connectivity index (χ4n) is 2.06. The van der Waals surface area contributed by atoms with Crippen LogP contribution < -0.4 is 0 Å². The number of halogens is 2. The van der Waals surface area contributed by atoms with Gasteiger partial charge in [0.2, 0.25) is 0 Å². The normalized spacial score (nSPS) is 12.6. The summed E-state index contributed by atoms with van der Waals surface area (Å²) in [7, 11) is 0. The Morgan fingerprint density at radius 1 is 1.32 bits per heavy atom. The molecule has 1 heterocycles. The number of imidazole rings is 1. The van der Waals surface area contributed by atoms with Crippen LogP contribution in [0.5, 0.6) is 0 Å². The summed E-state index contributed by atoms with van der Waals surface area (Å²) in [4.78, 5) is 4.22. The topological polar surface area (TPSA) is 38.0 Å². The summed E-state index contributed by atoms with van der Waals surface area (Å²) in [6, 6.07) is 5.33. The van der Waals surface area contributed by atoms with E-state index in [0.717, 1.165) is 18.5 Å². The second-order valence-electron chi connectivity index (χ2n) is 4.40. The summed E-state index contributed by atoms with van der Waals surface area (Å²) < 4.78 is 1.95. The van der Waals surface area contributed by atoms with Gasteiger partial charge >= 0.3 is 0 Å². The molecule has 1 aromatic heterocycles. The van der Waals surface area contributed by atoms with E-state index < -0.39 is 6.10 Å². The van der Waals surface area contributed by atoms with E-state index in [1.807, 2.05) is 10.8 Å². The Kier molecular flexibility index (Phi) is 4.86. The first-order valence-corrected chi connectivity index (χ1v) is 7.01. The standard InChI is InChI=1S/C14H16Cl2N2O/c1-2-7-18-8-6-17-14(18)13(19)9-10-11(15)4-3-5-12(10)16/h3-6,8,13,19H,2,7,9H2,1H3. The summed E-state index contributed by atoms with van der Waals surface area (Å²) in [6.45, 7) is 2.92. The number of benzene rings is 1. The summed E-state index contributed by atoms with van der Waals surface area (Å²) in [5.74, 6) is 0.651. The first kappa shape index (κ1) is 14.4. The molecule has 2 rings (SSSR count). The van der Waals surface area contributed by atoms with Crippen molar-refractivity contribution in [3.8, 4) is 0 Å². The highest BCUT2D eigenvalue weighted by Gasteiger charge is 2.17. The first-order valence-electron chi connectivity index (χ1n) is 6.25. The minimum atomic E-state index is -0.709. The third-order valence-corrected chi connectivity index (χ3v) is 3.68. The van der Waals surface area contributed by atoms with E-state index in [2.05, 4.69) is 11.9 Å². The maximum absolute atomic E-state index is 10.3. The van der Waals surface area contributed by atoms with Crippen LogP contribution in [0, 0.1) is 0 Å². The molecule has 0 saturated heterocycles. The Hall–Kier alpha value is -1.03. The fourth-order valence-corrected chi connectivity index (χ4v) is 2.61. The third-order valence-electron chi connectivity index (χ3n) is 2.97. The van der Waals surface area contributed by atoms with Crippen molar-refractivity contribution >= 4 is 23.2 Å². The molecule has 0 aliphatic carbocycles. The number of nitrogens with zero attached hydrogens (tertiary/aromatic N) is 2. The number of aryl methyl sites for hydroxylation is 1. The van der Waals surface area contributed by atoms with Crippen molar-refractivity contribution < 1.29 is 5.11 Å². The lowest BCUT2D eigenvalue weighted by molar-refractivity contribution is 0.163. The van der Waals surface area contributed by atoms with Crippen LogP contribution in [0.2, 0.25) is 10.0 Å². The number of aliphatic hydroxyl groups excluding tert-OH is 1. The van der Waals surface area contributed by atoms with Crippen LogP contribution in [-0.2, 0) is 13.0 Å². The third kappa shape index (κ3) is 3.30. The number of aromatic nitrogens is 2. The molecule has 0 amide bonds. The van der Waals surface area contributed by atoms with Gasteiger partial charge in [0, 0.05) is 35.4 Å². The lowest BCUT2D eigenvalue weighted by atomic mass is 10.1. The highest BCUT2D eigenvalue weighted by Crippen LogP contribution is 2.28. The second-order valence-corrected chi connectivity index (χ2v) is 5.21. The van der Waals surface area contributed by atoms with Crippen molar-refractivity contribution in [1.82, 2.24) is 9.55 Å². The highest BCUT2D eigenvalue weighted by molar-refractivity contribution is 6.35. The van der Waals surface area contributed by atoms with Gasteiger partial charge in [0.1, 0.15) is 11.9 Å². The van der Waals surface area contributed by atoms with Crippen molar-refractivity contribution in [2.24, 2.45) is 0 Å². The van der Waals surface area contributed by atoms with Gasteiger partial charge in [-0.25, -0.2) is 4.98 Å². The Bertz CT molecular complexity index is 534. The van der Waals surface area contributed by atoms with E-state index in [0.29, 0.717) is 22.3 Å². The zero-order valence-electron chi connectivity index (χ0n) is 10.7. The van der Waals surface area contributed by atoms with E-state index in [1.165, 1.54) is 0 Å². The molecule has 2 aromatic rings. The predicted octanol–water partition coefficient (Wildman–Crippen LogP) is 3.88. The molecule has 1 N–H and O–H groups in total. The molecule has 0 aliphatic rings. The molecule has 1 aromatic carbocycles. The maximum atomic E-state index is 10.3. The van der Waals surface area contributed by atoms with Crippen molar-refractivity contribution in [1.29, 1.82) is 0 Å². The van der Waals surface area contributed by atoms with Crippen molar-refractivity contribution in [2.45, 2.75) is 32.4 Å². The van der Waals surface area contributed by atoms with Gasteiger partial charge in [-0.2, -0.15) is 0 Å². The lowest BCUT2D eigenvalue weighted by Gasteiger charge is -2.14. The number of aliphatic hydroxyl groups is 1. The largest absolute Gasteiger partial charge is 0.385 e. The van der Waals surface area contributed by atoms with E-state index in [1.54, 1.807) is 24.4 Å². The van der Waals surface area contributed by atoms with Gasteiger partial charge in [0.25, 0.3) is 0 Å². The molecule has 0 bridgehead atoms. The van der Waals surface area contributed by atoms with Crippen LogP contribution in [0.25, 0.3) is 0 Å². The van der Waals surface area contributed by atoms with Crippen LogP contribution in [0.15, 0.2) is 30.6 Å². The first-order chi connectivity index (χ1) is 9.13. The van der Waals surface area contributed by atoms with Gasteiger partial charge < -0.3 is 9.67 Å². The average molecular weight is 299 g/mol. The van der Waals surface area contributed by atoms with E-state index >= 15 is 0 Å². The molecule has 19 heavy (non-hydrogen) atoms. The molecule has 0 fully saturated rings. The minimum Gasteiger partial charge on any atom is -0.385 e. The maximum Gasteiger partial charge on any atom is 0.137 e. The molecular formula is C14H16Cl2N2O. The highest BCUT2D eigenvalue weighted by atomic mass is 35.5. The number of hydrogen-bond acceptors (Lipinski definition) is 2. The molecule has 0 spiro atoms. The molecule has 5 heteroatoms. The van der Waals surface area contributed by atoms with Crippen molar-refractivity contribution in [2.75, 3.05) is 0 Å². The number of hydrogen-bond donors (Lipinski definition) is 1. The molecule has 0 saturated carbocycles. The average Bonchev–Trinajstić information content (AvgIpc) is 2.83. The quantitative estimate of drug-likeness (QED) is 0.910. The Balaban J connectivity index is 2.21. The van der Waals surface area contributed by atoms with E-state index in [4.69, 9.17) is 23.2 Å². The molecular weight excluding hydrogens is 283 g/mol. The second kappa shape index (κ2) is 6.42. The lowest BCUT2D eigenvalue weighted by Crippen LogP contribution is -2.11. The molecule has 1 atom stereocenters. The molecule has 102 valence electrons. The van der Waals surface area contributed by atoms with Crippen molar-refractivity contribution in [3.63, 3.8) is 0 Å². The van der Waals surface area contributed by atoms with Crippen LogP contribution in [0.4, 0.5) is 0 Å². The van der Waals surface area contributed by atoms with E-state index in [-0.39, 0.29) is 0 Å². The molecule has 0 aliphatic heterocycles. The van der Waals surface area contributed by atoms with Gasteiger partial charge in [-0.15, -0.1) is 0 Å². The minimum absolute atomic E-state index is 0.360. The summed E-state index contributed by atoms with van der Waals surface area (Å²) >= 11 is 12.2. The van der Waals surface area contributed by atoms with Crippen LogP contribution in [-0.4, -0.2) is 14.7 Å². The molecule has 1 unspecified atom stereocenters. The monoisotopic (exact) mass is 298 g/mol. The Morgan fingerprint density at radius 2 is 2.00 bits per heavy atom. The predicted molar refractivity (Wildman–Crippen MR) is 77.6 cm³/mol. The fraction of sp³-hybridized carbons (Fsp3) is 0.357. The van der Waals surface area contributed by atoms with E-state index in [9.17, 15) is 5.11 Å². The SMILES string of the molecule is CCCn1ccnc1C(O)Cc1c(Cl)cccc1Cl. The van der Waals surface area contributed by atoms with Crippen molar-refractivity contribution in [3.05, 3.63) is 52.0 Å². The van der Waals surface area contributed by atoms with Crippen LogP contribution in [0.3, 0.4) is 0 Å². The zero-order valence-corrected chi connectivity index (χ0v) is 12.2. The van der Waals surface area contributed by atoms with Gasteiger partial charge in [-0.1, -0.05) is 36.2 Å². The van der Waals surface area contributed by atoms with Gasteiger partial charge in [-0.05, 0) is 24.1 Å².